The first-order valence-electron chi connectivity index (χ1n) is 4.29. The van der Waals surface area contributed by atoms with Crippen molar-refractivity contribution in [1.29, 1.82) is 0 Å². The highest BCUT2D eigenvalue weighted by atomic mass is 35.5. The lowest BCUT2D eigenvalue weighted by Gasteiger charge is -2.02. The molecule has 1 nitrogen and oxygen atoms in total. The lowest BCUT2D eigenvalue weighted by atomic mass is 10.4. The number of halogens is 2. The van der Waals surface area contributed by atoms with Crippen LogP contribution in [0, 0.1) is 0 Å². The van der Waals surface area contributed by atoms with Gasteiger partial charge in [0.1, 0.15) is 5.03 Å². The van der Waals surface area contributed by atoms with Crippen LogP contribution in [0.3, 0.4) is 0 Å². The Bertz CT molecular complexity index is 456. The average Bonchev–Trinajstić information content (AvgIpc) is 2.25. The number of hydrogen-bond acceptors (Lipinski definition) is 2. The molecule has 0 aliphatic heterocycles. The number of aromatic nitrogens is 1. The molecule has 2 rings (SSSR count). The van der Waals surface area contributed by atoms with E-state index in [0.29, 0.717) is 5.02 Å². The van der Waals surface area contributed by atoms with E-state index in [1.54, 1.807) is 6.20 Å². The molecular formula is C11H7Cl2NS. The summed E-state index contributed by atoms with van der Waals surface area (Å²) >= 11 is 13.3. The number of nitrogens with zero attached hydrogens (tertiary/aromatic N) is 1. The predicted octanol–water partition coefficient (Wildman–Crippen LogP) is 4.54. The SMILES string of the molecule is Clc1ccc(Sc2ccccc2Cl)nc1. The monoisotopic (exact) mass is 255 g/mol. The van der Waals surface area contributed by atoms with Crippen LogP contribution in [0.25, 0.3) is 0 Å². The summed E-state index contributed by atoms with van der Waals surface area (Å²) in [5, 5.41) is 2.25. The Morgan fingerprint density at radius 3 is 2.47 bits per heavy atom. The molecule has 1 heterocycles. The maximum Gasteiger partial charge on any atom is 0.101 e. The lowest BCUT2D eigenvalue weighted by molar-refractivity contribution is 1.13. The van der Waals surface area contributed by atoms with Gasteiger partial charge in [0.15, 0.2) is 0 Å². The summed E-state index contributed by atoms with van der Waals surface area (Å²) in [7, 11) is 0. The van der Waals surface area contributed by atoms with E-state index in [9.17, 15) is 0 Å². The van der Waals surface area contributed by atoms with E-state index in [2.05, 4.69) is 4.98 Å². The van der Waals surface area contributed by atoms with Crippen LogP contribution >= 0.6 is 35.0 Å². The second-order valence-electron chi connectivity index (χ2n) is 2.85. The van der Waals surface area contributed by atoms with Crippen LogP contribution in [0.2, 0.25) is 10.0 Å². The summed E-state index contributed by atoms with van der Waals surface area (Å²) in [5.74, 6) is 0. The van der Waals surface area contributed by atoms with E-state index in [-0.39, 0.29) is 0 Å². The van der Waals surface area contributed by atoms with Crippen molar-refractivity contribution in [2.75, 3.05) is 0 Å². The zero-order valence-electron chi connectivity index (χ0n) is 7.65. The average molecular weight is 256 g/mol. The molecule has 0 N–H and O–H groups in total. The van der Waals surface area contributed by atoms with Crippen molar-refractivity contribution in [3.63, 3.8) is 0 Å². The van der Waals surface area contributed by atoms with Gasteiger partial charge in [-0.25, -0.2) is 4.98 Å². The molecule has 0 saturated heterocycles. The Morgan fingerprint density at radius 1 is 1.00 bits per heavy atom. The summed E-state index contributed by atoms with van der Waals surface area (Å²) in [6.07, 6.45) is 1.63. The second-order valence-corrected chi connectivity index (χ2v) is 4.75. The van der Waals surface area contributed by atoms with Crippen LogP contribution in [-0.2, 0) is 0 Å². The first-order valence-corrected chi connectivity index (χ1v) is 5.87. The highest BCUT2D eigenvalue weighted by Gasteiger charge is 2.02. The predicted molar refractivity (Wildman–Crippen MR) is 64.8 cm³/mol. The molecule has 0 bridgehead atoms. The first-order chi connectivity index (χ1) is 7.25. The minimum Gasteiger partial charge on any atom is -0.248 e. The van der Waals surface area contributed by atoms with Gasteiger partial charge in [0.25, 0.3) is 0 Å². The van der Waals surface area contributed by atoms with Gasteiger partial charge < -0.3 is 0 Å². The fourth-order valence-corrected chi connectivity index (χ4v) is 2.20. The molecule has 1 aromatic carbocycles. The standard InChI is InChI=1S/C11H7Cl2NS/c12-8-5-6-11(14-7-8)15-10-4-2-1-3-9(10)13/h1-7H. The third kappa shape index (κ3) is 2.88. The number of hydrogen-bond donors (Lipinski definition) is 0. The van der Waals surface area contributed by atoms with Gasteiger partial charge in [0.05, 0.1) is 10.0 Å². The highest BCUT2D eigenvalue weighted by Crippen LogP contribution is 2.31. The van der Waals surface area contributed by atoms with Crippen LogP contribution in [0.4, 0.5) is 0 Å². The van der Waals surface area contributed by atoms with E-state index in [1.165, 1.54) is 11.8 Å². The second kappa shape index (κ2) is 4.88. The van der Waals surface area contributed by atoms with Crippen LogP contribution in [0.1, 0.15) is 0 Å². The first kappa shape index (κ1) is 10.8. The molecule has 0 unspecified atom stereocenters. The number of benzene rings is 1. The largest absolute Gasteiger partial charge is 0.248 e. The van der Waals surface area contributed by atoms with E-state index >= 15 is 0 Å². The van der Waals surface area contributed by atoms with Crippen LogP contribution in [-0.4, -0.2) is 4.98 Å². The van der Waals surface area contributed by atoms with E-state index in [0.717, 1.165) is 14.9 Å². The van der Waals surface area contributed by atoms with Gasteiger partial charge >= 0.3 is 0 Å². The van der Waals surface area contributed by atoms with Crippen molar-refractivity contribution in [3.8, 4) is 0 Å². The van der Waals surface area contributed by atoms with Crippen molar-refractivity contribution < 1.29 is 0 Å². The molecule has 0 aliphatic rings. The van der Waals surface area contributed by atoms with Gasteiger partial charge in [0.2, 0.25) is 0 Å². The Balaban J connectivity index is 2.22. The normalized spacial score (nSPS) is 10.3. The minimum atomic E-state index is 0.638. The fourth-order valence-electron chi connectivity index (χ4n) is 1.06. The molecule has 0 saturated carbocycles. The molecule has 76 valence electrons. The Labute approximate surface area is 102 Å². The molecule has 0 aliphatic carbocycles. The quantitative estimate of drug-likeness (QED) is 0.782. The molecular weight excluding hydrogens is 249 g/mol. The molecule has 1 aromatic heterocycles. The van der Waals surface area contributed by atoms with Gasteiger partial charge in [-0.3, -0.25) is 0 Å². The van der Waals surface area contributed by atoms with Gasteiger partial charge in [0, 0.05) is 11.1 Å². The van der Waals surface area contributed by atoms with Crippen molar-refractivity contribution in [2.45, 2.75) is 9.92 Å². The fraction of sp³-hybridized carbons (Fsp3) is 0. The topological polar surface area (TPSA) is 12.9 Å². The van der Waals surface area contributed by atoms with Crippen molar-refractivity contribution in [3.05, 3.63) is 52.6 Å². The van der Waals surface area contributed by atoms with Crippen LogP contribution in [0.5, 0.6) is 0 Å². The third-order valence-electron chi connectivity index (χ3n) is 1.75. The molecule has 0 fully saturated rings. The van der Waals surface area contributed by atoms with Gasteiger partial charge in [-0.2, -0.15) is 0 Å². The minimum absolute atomic E-state index is 0.638. The molecule has 0 radical (unpaired) electrons. The molecule has 4 heteroatoms. The van der Waals surface area contributed by atoms with Gasteiger partial charge in [-0.15, -0.1) is 0 Å². The van der Waals surface area contributed by atoms with Crippen LogP contribution in [0.15, 0.2) is 52.5 Å². The number of rotatable bonds is 2. The van der Waals surface area contributed by atoms with E-state index in [4.69, 9.17) is 23.2 Å². The lowest BCUT2D eigenvalue weighted by Crippen LogP contribution is -1.79. The van der Waals surface area contributed by atoms with E-state index in [1.807, 2.05) is 36.4 Å². The van der Waals surface area contributed by atoms with E-state index < -0.39 is 0 Å². The summed E-state index contributed by atoms with van der Waals surface area (Å²) in [6.45, 7) is 0. The highest BCUT2D eigenvalue weighted by molar-refractivity contribution is 7.99. The molecule has 0 spiro atoms. The molecule has 15 heavy (non-hydrogen) atoms. The molecule has 0 atom stereocenters. The van der Waals surface area contributed by atoms with Crippen molar-refractivity contribution in [1.82, 2.24) is 4.98 Å². The summed E-state index contributed by atoms with van der Waals surface area (Å²) in [6, 6.07) is 11.4. The summed E-state index contributed by atoms with van der Waals surface area (Å²) in [4.78, 5) is 5.18. The van der Waals surface area contributed by atoms with Crippen molar-refractivity contribution in [2.24, 2.45) is 0 Å². The Kier molecular flexibility index (Phi) is 3.52. The summed E-state index contributed by atoms with van der Waals surface area (Å²) < 4.78 is 0. The number of pyridine rings is 1. The van der Waals surface area contributed by atoms with Gasteiger partial charge in [-0.05, 0) is 24.3 Å². The summed E-state index contributed by atoms with van der Waals surface area (Å²) in [5.41, 5.74) is 0. The van der Waals surface area contributed by atoms with Crippen molar-refractivity contribution >= 4 is 35.0 Å². The third-order valence-corrected chi connectivity index (χ3v) is 3.44. The smallest absolute Gasteiger partial charge is 0.101 e. The molecule has 0 amide bonds. The maximum atomic E-state index is 6.03. The zero-order valence-corrected chi connectivity index (χ0v) is 9.98. The van der Waals surface area contributed by atoms with Crippen LogP contribution < -0.4 is 0 Å². The maximum absolute atomic E-state index is 6.03. The van der Waals surface area contributed by atoms with Gasteiger partial charge in [-0.1, -0.05) is 47.1 Å². The molecule has 2 aromatic rings. The Morgan fingerprint density at radius 2 is 1.80 bits per heavy atom. The Hall–Kier alpha value is -0.700. The zero-order chi connectivity index (χ0) is 10.7.